The van der Waals surface area contributed by atoms with Gasteiger partial charge in [-0.2, -0.15) is 0 Å². The van der Waals surface area contributed by atoms with E-state index in [0.29, 0.717) is 18.1 Å². The van der Waals surface area contributed by atoms with E-state index in [4.69, 9.17) is 5.73 Å². The van der Waals surface area contributed by atoms with E-state index < -0.39 is 0 Å². The second-order valence-corrected chi connectivity index (χ2v) is 2.50. The van der Waals surface area contributed by atoms with Crippen LogP contribution in [-0.2, 0) is 6.54 Å². The third kappa shape index (κ3) is 1.52. The molecule has 0 spiro atoms. The van der Waals surface area contributed by atoms with Crippen molar-refractivity contribution >= 4 is 0 Å². The molecule has 0 aliphatic rings. The maximum Gasteiger partial charge on any atom is 0.198 e. The Bertz CT molecular complexity index is 382. The van der Waals surface area contributed by atoms with Gasteiger partial charge in [0.05, 0.1) is 0 Å². The van der Waals surface area contributed by atoms with Crippen LogP contribution in [0.2, 0.25) is 0 Å². The molecule has 0 bridgehead atoms. The number of nitrogens with two attached hydrogens (primary N) is 1. The molecular weight excluding hydrogens is 168 g/mol. The number of tetrazole rings is 1. The third-order valence-electron chi connectivity index (χ3n) is 1.65. The molecule has 0 aliphatic carbocycles. The predicted octanol–water partition coefficient (Wildman–Crippen LogP) is -0.280. The van der Waals surface area contributed by atoms with Crippen molar-refractivity contribution in [1.29, 1.82) is 0 Å². The van der Waals surface area contributed by atoms with Crippen LogP contribution in [0.5, 0.6) is 0 Å². The van der Waals surface area contributed by atoms with E-state index in [1.165, 1.54) is 0 Å². The number of pyridine rings is 1. The number of aromatic nitrogens is 5. The minimum absolute atomic E-state index is 0.483. The molecule has 0 aliphatic heterocycles. The van der Waals surface area contributed by atoms with Gasteiger partial charge in [0.15, 0.2) is 5.82 Å². The summed E-state index contributed by atoms with van der Waals surface area (Å²) in [6.07, 6.45) is 1.68. The monoisotopic (exact) mass is 176 g/mol. The van der Waals surface area contributed by atoms with Crippen molar-refractivity contribution in [1.82, 2.24) is 25.6 Å². The molecule has 13 heavy (non-hydrogen) atoms. The van der Waals surface area contributed by atoms with Gasteiger partial charge in [-0.25, -0.2) is 5.10 Å². The fraction of sp³-hybridized carbons (Fsp3) is 0.143. The predicted molar refractivity (Wildman–Crippen MR) is 45.3 cm³/mol. The van der Waals surface area contributed by atoms with E-state index in [0.717, 1.165) is 5.56 Å². The number of hydrogen-bond acceptors (Lipinski definition) is 5. The van der Waals surface area contributed by atoms with Gasteiger partial charge >= 0.3 is 0 Å². The highest BCUT2D eigenvalue weighted by molar-refractivity contribution is 5.48. The second-order valence-electron chi connectivity index (χ2n) is 2.50. The first kappa shape index (κ1) is 7.81. The minimum Gasteiger partial charge on any atom is -0.326 e. The van der Waals surface area contributed by atoms with E-state index in [9.17, 15) is 0 Å². The number of aromatic amines is 1. The molecule has 0 amide bonds. The fourth-order valence-corrected chi connectivity index (χ4v) is 0.998. The SMILES string of the molecule is NCc1ccnc(-c2nnn[nH]2)c1. The number of nitrogens with zero attached hydrogens (tertiary/aromatic N) is 4. The summed E-state index contributed by atoms with van der Waals surface area (Å²) in [4.78, 5) is 4.10. The van der Waals surface area contributed by atoms with Gasteiger partial charge in [0.25, 0.3) is 0 Å². The first-order valence-electron chi connectivity index (χ1n) is 3.79. The zero-order chi connectivity index (χ0) is 9.10. The Hall–Kier alpha value is -1.82. The topological polar surface area (TPSA) is 93.4 Å². The van der Waals surface area contributed by atoms with Crippen LogP contribution >= 0.6 is 0 Å². The van der Waals surface area contributed by atoms with E-state index in [-0.39, 0.29) is 0 Å². The van der Waals surface area contributed by atoms with Gasteiger partial charge in [-0.05, 0) is 28.1 Å². The van der Waals surface area contributed by atoms with Gasteiger partial charge < -0.3 is 5.73 Å². The van der Waals surface area contributed by atoms with Crippen LogP contribution in [0, 0.1) is 0 Å². The summed E-state index contributed by atoms with van der Waals surface area (Å²) in [7, 11) is 0. The van der Waals surface area contributed by atoms with Crippen molar-refractivity contribution in [2.75, 3.05) is 0 Å². The van der Waals surface area contributed by atoms with Crippen LogP contribution in [0.3, 0.4) is 0 Å². The molecule has 0 radical (unpaired) electrons. The summed E-state index contributed by atoms with van der Waals surface area (Å²) < 4.78 is 0. The largest absolute Gasteiger partial charge is 0.326 e. The number of H-pyrrole nitrogens is 1. The molecule has 0 unspecified atom stereocenters. The van der Waals surface area contributed by atoms with Crippen LogP contribution in [0.15, 0.2) is 18.3 Å². The molecule has 0 saturated carbocycles. The first-order valence-corrected chi connectivity index (χ1v) is 3.79. The van der Waals surface area contributed by atoms with Gasteiger partial charge in [-0.15, -0.1) is 5.10 Å². The molecule has 3 N–H and O–H groups in total. The van der Waals surface area contributed by atoms with Crippen LogP contribution in [0.1, 0.15) is 5.56 Å². The molecule has 2 rings (SSSR count). The highest BCUT2D eigenvalue weighted by Gasteiger charge is 2.02. The Morgan fingerprint density at radius 2 is 2.38 bits per heavy atom. The standard InChI is InChI=1S/C7H8N6/c8-4-5-1-2-9-6(3-5)7-10-12-13-11-7/h1-3H,4,8H2,(H,10,11,12,13). The van der Waals surface area contributed by atoms with Crippen LogP contribution in [-0.4, -0.2) is 25.6 Å². The molecule has 0 atom stereocenters. The lowest BCUT2D eigenvalue weighted by molar-refractivity contribution is 0.881. The molecule has 0 aromatic carbocycles. The Morgan fingerprint density at radius 3 is 3.08 bits per heavy atom. The number of rotatable bonds is 2. The summed E-state index contributed by atoms with van der Waals surface area (Å²) >= 11 is 0. The van der Waals surface area contributed by atoms with Gasteiger partial charge in [0, 0.05) is 12.7 Å². The van der Waals surface area contributed by atoms with E-state index in [1.807, 2.05) is 12.1 Å². The Kier molecular flexibility index (Phi) is 1.97. The lowest BCUT2D eigenvalue weighted by Gasteiger charge is -1.97. The van der Waals surface area contributed by atoms with E-state index in [1.54, 1.807) is 6.20 Å². The summed E-state index contributed by atoms with van der Waals surface area (Å²) in [5.41, 5.74) is 7.19. The highest BCUT2D eigenvalue weighted by Crippen LogP contribution is 2.10. The third-order valence-corrected chi connectivity index (χ3v) is 1.65. The molecule has 6 nitrogen and oxygen atoms in total. The van der Waals surface area contributed by atoms with Crippen LogP contribution in [0.4, 0.5) is 0 Å². The molecule has 6 heteroatoms. The Balaban J connectivity index is 2.41. The molecule has 2 aromatic heterocycles. The van der Waals surface area contributed by atoms with E-state index >= 15 is 0 Å². The highest BCUT2D eigenvalue weighted by atomic mass is 15.5. The van der Waals surface area contributed by atoms with Crippen molar-refractivity contribution in [3.05, 3.63) is 23.9 Å². The Labute approximate surface area is 74.2 Å². The molecule has 2 heterocycles. The van der Waals surface area contributed by atoms with Crippen molar-refractivity contribution in [3.8, 4) is 11.5 Å². The van der Waals surface area contributed by atoms with Crippen LogP contribution in [0.25, 0.3) is 11.5 Å². The van der Waals surface area contributed by atoms with Gasteiger partial charge in [-0.1, -0.05) is 0 Å². The first-order chi connectivity index (χ1) is 6.40. The molecule has 0 fully saturated rings. The maximum absolute atomic E-state index is 5.48. The lowest BCUT2D eigenvalue weighted by atomic mass is 10.2. The second kappa shape index (κ2) is 3.28. The average Bonchev–Trinajstić information content (AvgIpc) is 2.71. The van der Waals surface area contributed by atoms with Crippen molar-refractivity contribution in [2.24, 2.45) is 5.73 Å². The van der Waals surface area contributed by atoms with Gasteiger partial charge in [0.2, 0.25) is 0 Å². The average molecular weight is 176 g/mol. The fourth-order valence-electron chi connectivity index (χ4n) is 0.998. The zero-order valence-electron chi connectivity index (χ0n) is 6.81. The normalized spacial score (nSPS) is 10.2. The van der Waals surface area contributed by atoms with Gasteiger partial charge in [-0.3, -0.25) is 4.98 Å². The van der Waals surface area contributed by atoms with Gasteiger partial charge in [0.1, 0.15) is 5.69 Å². The lowest BCUT2D eigenvalue weighted by Crippen LogP contribution is -1.97. The summed E-state index contributed by atoms with van der Waals surface area (Å²) in [6, 6.07) is 3.70. The Morgan fingerprint density at radius 1 is 1.46 bits per heavy atom. The van der Waals surface area contributed by atoms with Crippen LogP contribution < -0.4 is 5.73 Å². The molecule has 2 aromatic rings. The molecule has 0 saturated heterocycles. The van der Waals surface area contributed by atoms with Crippen molar-refractivity contribution < 1.29 is 0 Å². The van der Waals surface area contributed by atoms with Crippen molar-refractivity contribution in [3.63, 3.8) is 0 Å². The zero-order valence-corrected chi connectivity index (χ0v) is 6.81. The quantitative estimate of drug-likeness (QED) is 0.656. The summed E-state index contributed by atoms with van der Waals surface area (Å²) in [5, 5.41) is 13.3. The minimum atomic E-state index is 0.483. The number of hydrogen-bond donors (Lipinski definition) is 2. The smallest absolute Gasteiger partial charge is 0.198 e. The maximum atomic E-state index is 5.48. The molecular formula is C7H8N6. The van der Waals surface area contributed by atoms with Crippen molar-refractivity contribution in [2.45, 2.75) is 6.54 Å². The summed E-state index contributed by atoms with van der Waals surface area (Å²) in [5.74, 6) is 0.551. The van der Waals surface area contributed by atoms with E-state index in [2.05, 4.69) is 25.6 Å². The summed E-state index contributed by atoms with van der Waals surface area (Å²) in [6.45, 7) is 0.483. The molecule has 66 valence electrons. The number of nitrogens with one attached hydrogen (secondary N) is 1.